The van der Waals surface area contributed by atoms with Crippen molar-refractivity contribution in [3.05, 3.63) is 5.92 Å². The average Bonchev–Trinajstić information content (AvgIpc) is 1.93. The van der Waals surface area contributed by atoms with E-state index in [1.54, 1.807) is 5.92 Å². The summed E-state index contributed by atoms with van der Waals surface area (Å²) < 4.78 is 0. The maximum atomic E-state index is 2.41. The molecular formula is C16H33. The molecule has 0 aromatic heterocycles. The highest BCUT2D eigenvalue weighted by Crippen LogP contribution is 2.40. The van der Waals surface area contributed by atoms with Crippen LogP contribution in [0, 0.1) is 28.6 Å². The summed E-state index contributed by atoms with van der Waals surface area (Å²) in [6.45, 7) is 21.1. The Bertz CT molecular complexity index is 187. The van der Waals surface area contributed by atoms with E-state index < -0.39 is 0 Å². The fraction of sp³-hybridized carbons (Fsp3) is 0.938. The lowest BCUT2D eigenvalue weighted by atomic mass is 9.69. The van der Waals surface area contributed by atoms with Crippen molar-refractivity contribution in [1.29, 1.82) is 0 Å². The molecule has 2 unspecified atom stereocenters. The molecule has 0 N–H and O–H groups in total. The molecule has 0 heteroatoms. The van der Waals surface area contributed by atoms with Crippen LogP contribution in [0.2, 0.25) is 0 Å². The minimum Gasteiger partial charge on any atom is -0.0625 e. The number of hydrogen-bond acceptors (Lipinski definition) is 0. The summed E-state index contributed by atoms with van der Waals surface area (Å²) in [5.41, 5.74) is 0.870. The van der Waals surface area contributed by atoms with Crippen LogP contribution in [0.1, 0.15) is 75.2 Å². The Balaban J connectivity index is 4.43. The smallest absolute Gasteiger partial charge is 0.0267 e. The molecule has 0 amide bonds. The molecule has 0 aromatic rings. The minimum atomic E-state index is 0.408. The lowest BCUT2D eigenvalue weighted by Gasteiger charge is -2.37. The third-order valence-corrected chi connectivity index (χ3v) is 3.34. The van der Waals surface area contributed by atoms with Crippen LogP contribution in [0.5, 0.6) is 0 Å². The van der Waals surface area contributed by atoms with E-state index >= 15 is 0 Å². The zero-order valence-corrected chi connectivity index (χ0v) is 13.1. The van der Waals surface area contributed by atoms with Crippen LogP contribution in [-0.4, -0.2) is 0 Å². The van der Waals surface area contributed by atoms with Gasteiger partial charge in [-0.2, -0.15) is 0 Å². The highest BCUT2D eigenvalue weighted by Gasteiger charge is 2.30. The van der Waals surface area contributed by atoms with E-state index in [1.807, 2.05) is 0 Å². The third kappa shape index (κ3) is 6.55. The molecule has 0 aliphatic heterocycles. The first-order valence-electron chi connectivity index (χ1n) is 6.73. The van der Waals surface area contributed by atoms with Gasteiger partial charge in [0.25, 0.3) is 0 Å². The van der Waals surface area contributed by atoms with Crippen molar-refractivity contribution in [2.24, 2.45) is 22.7 Å². The van der Waals surface area contributed by atoms with Crippen LogP contribution in [-0.2, 0) is 0 Å². The zero-order valence-electron chi connectivity index (χ0n) is 13.1. The molecule has 0 rings (SSSR count). The lowest BCUT2D eigenvalue weighted by Crippen LogP contribution is -2.27. The molecule has 0 nitrogen and oxygen atoms in total. The van der Waals surface area contributed by atoms with E-state index in [0.29, 0.717) is 10.8 Å². The van der Waals surface area contributed by atoms with E-state index in [4.69, 9.17) is 0 Å². The van der Waals surface area contributed by atoms with Gasteiger partial charge < -0.3 is 0 Å². The fourth-order valence-electron chi connectivity index (χ4n) is 2.99. The molecule has 0 aromatic carbocycles. The van der Waals surface area contributed by atoms with Crippen LogP contribution < -0.4 is 0 Å². The molecule has 0 heterocycles. The summed E-state index contributed by atoms with van der Waals surface area (Å²) in [6, 6.07) is 0. The predicted octanol–water partition coefficient (Wildman–Crippen LogP) is 5.73. The Morgan fingerprint density at radius 2 is 1.38 bits per heavy atom. The van der Waals surface area contributed by atoms with Gasteiger partial charge in [-0.05, 0) is 41.4 Å². The average molecular weight is 225 g/mol. The second-order valence-corrected chi connectivity index (χ2v) is 8.10. The van der Waals surface area contributed by atoms with Gasteiger partial charge in [0.2, 0.25) is 0 Å². The van der Waals surface area contributed by atoms with E-state index in [-0.39, 0.29) is 0 Å². The van der Waals surface area contributed by atoms with E-state index in [0.717, 1.165) is 11.8 Å². The number of hydrogen-bond donors (Lipinski definition) is 0. The quantitative estimate of drug-likeness (QED) is 0.573. The van der Waals surface area contributed by atoms with Gasteiger partial charge in [0.15, 0.2) is 0 Å². The van der Waals surface area contributed by atoms with Crippen molar-refractivity contribution in [3.63, 3.8) is 0 Å². The largest absolute Gasteiger partial charge is 0.0625 e. The molecule has 0 saturated carbocycles. The Hall–Kier alpha value is 0. The highest BCUT2D eigenvalue weighted by molar-refractivity contribution is 4.94. The van der Waals surface area contributed by atoms with Crippen molar-refractivity contribution >= 4 is 0 Å². The Morgan fingerprint density at radius 3 is 1.62 bits per heavy atom. The standard InChI is InChI=1S/C16H33/c1-12(2)14(16(7,8)9)10-13(3)11-15(4,5)6/h13-14H,10-11H2,1-9H3. The van der Waals surface area contributed by atoms with Gasteiger partial charge in [-0.1, -0.05) is 62.3 Å². The molecule has 2 atom stereocenters. The molecule has 0 aliphatic rings. The molecule has 0 spiro atoms. The first kappa shape index (κ1) is 16.0. The summed E-state index contributed by atoms with van der Waals surface area (Å²) in [4.78, 5) is 0. The van der Waals surface area contributed by atoms with Crippen LogP contribution in [0.4, 0.5) is 0 Å². The Kier molecular flexibility index (Phi) is 5.56. The van der Waals surface area contributed by atoms with Gasteiger partial charge in [-0.25, -0.2) is 0 Å². The molecule has 0 aliphatic carbocycles. The summed E-state index contributed by atoms with van der Waals surface area (Å²) in [5.74, 6) is 3.16. The lowest BCUT2D eigenvalue weighted by molar-refractivity contribution is 0.187. The van der Waals surface area contributed by atoms with Crippen LogP contribution in [0.25, 0.3) is 0 Å². The third-order valence-electron chi connectivity index (χ3n) is 3.34. The topological polar surface area (TPSA) is 0 Å². The molecule has 97 valence electrons. The summed E-state index contributed by atoms with van der Waals surface area (Å²) in [5, 5.41) is 0. The molecule has 0 fully saturated rings. The number of rotatable bonds is 4. The van der Waals surface area contributed by atoms with Gasteiger partial charge in [0.05, 0.1) is 0 Å². The van der Waals surface area contributed by atoms with E-state index in [1.165, 1.54) is 12.8 Å². The summed E-state index contributed by atoms with van der Waals surface area (Å²) in [6.07, 6.45) is 2.66. The van der Waals surface area contributed by atoms with Crippen molar-refractivity contribution in [1.82, 2.24) is 0 Å². The van der Waals surface area contributed by atoms with E-state index in [9.17, 15) is 0 Å². The molecule has 0 bridgehead atoms. The first-order valence-corrected chi connectivity index (χ1v) is 6.73. The van der Waals surface area contributed by atoms with Crippen LogP contribution >= 0.6 is 0 Å². The molecular weight excluding hydrogens is 192 g/mol. The molecule has 1 radical (unpaired) electrons. The Labute approximate surface area is 104 Å². The maximum Gasteiger partial charge on any atom is -0.0267 e. The second-order valence-electron chi connectivity index (χ2n) is 8.10. The SMILES string of the molecule is C[C](C)C(CC(C)CC(C)(C)C)C(C)(C)C. The van der Waals surface area contributed by atoms with Gasteiger partial charge in [0, 0.05) is 0 Å². The van der Waals surface area contributed by atoms with Gasteiger partial charge in [0.1, 0.15) is 0 Å². The van der Waals surface area contributed by atoms with Gasteiger partial charge in [-0.3, -0.25) is 0 Å². The molecule has 16 heavy (non-hydrogen) atoms. The predicted molar refractivity (Wildman–Crippen MR) is 75.4 cm³/mol. The highest BCUT2D eigenvalue weighted by atomic mass is 14.3. The van der Waals surface area contributed by atoms with Crippen molar-refractivity contribution < 1.29 is 0 Å². The van der Waals surface area contributed by atoms with Gasteiger partial charge >= 0.3 is 0 Å². The minimum absolute atomic E-state index is 0.408. The normalized spacial score (nSPS) is 17.6. The van der Waals surface area contributed by atoms with Crippen LogP contribution in [0.15, 0.2) is 0 Å². The first-order chi connectivity index (χ1) is 6.93. The van der Waals surface area contributed by atoms with Crippen molar-refractivity contribution in [2.75, 3.05) is 0 Å². The van der Waals surface area contributed by atoms with E-state index in [2.05, 4.69) is 62.3 Å². The van der Waals surface area contributed by atoms with Crippen LogP contribution in [0.3, 0.4) is 0 Å². The fourth-order valence-corrected chi connectivity index (χ4v) is 2.99. The zero-order chi connectivity index (χ0) is 13.1. The van der Waals surface area contributed by atoms with Gasteiger partial charge in [-0.15, -0.1) is 0 Å². The molecule has 0 saturated heterocycles. The second kappa shape index (κ2) is 5.56. The summed E-state index contributed by atoms with van der Waals surface area (Å²) in [7, 11) is 0. The van der Waals surface area contributed by atoms with Crippen molar-refractivity contribution in [2.45, 2.75) is 75.2 Å². The Morgan fingerprint density at radius 1 is 0.938 bits per heavy atom. The summed E-state index contributed by atoms with van der Waals surface area (Å²) >= 11 is 0. The van der Waals surface area contributed by atoms with Crippen molar-refractivity contribution in [3.8, 4) is 0 Å². The monoisotopic (exact) mass is 225 g/mol. The maximum absolute atomic E-state index is 2.41.